The topological polar surface area (TPSA) is 90.3 Å². The summed E-state index contributed by atoms with van der Waals surface area (Å²) in [7, 11) is 3.44. The van der Waals surface area contributed by atoms with Gasteiger partial charge < -0.3 is 25.0 Å². The van der Waals surface area contributed by atoms with Gasteiger partial charge in [-0.3, -0.25) is 9.78 Å². The fraction of sp³-hybridized carbons (Fsp3) is 0.424. The molecule has 42 heavy (non-hydrogen) atoms. The minimum absolute atomic E-state index is 0.0232. The van der Waals surface area contributed by atoms with Gasteiger partial charge in [0.2, 0.25) is 11.8 Å². The summed E-state index contributed by atoms with van der Waals surface area (Å²) in [6, 6.07) is 11.5. The molecule has 5 rings (SSSR count). The maximum Gasteiger partial charge on any atom is 0.225 e. The Morgan fingerprint density at radius 3 is 2.69 bits per heavy atom. The van der Waals surface area contributed by atoms with E-state index >= 15 is 4.39 Å². The van der Waals surface area contributed by atoms with Gasteiger partial charge in [-0.05, 0) is 60.7 Å². The monoisotopic (exact) mass is 573 g/mol. The van der Waals surface area contributed by atoms with Gasteiger partial charge in [0.05, 0.1) is 13.0 Å². The number of ether oxygens (including phenoxy) is 1. The number of benzene rings is 2. The number of nitrogens with one attached hydrogen (secondary N) is 1. The van der Waals surface area contributed by atoms with E-state index in [4.69, 9.17) is 9.73 Å². The quantitative estimate of drug-likeness (QED) is 0.203. The number of aromatic hydroxyl groups is 1. The van der Waals surface area contributed by atoms with Crippen LogP contribution in [0.2, 0.25) is 0 Å². The lowest BCUT2D eigenvalue weighted by molar-refractivity contribution is -0.129. The molecule has 2 N–H and O–H groups in total. The van der Waals surface area contributed by atoms with Gasteiger partial charge in [0.1, 0.15) is 17.3 Å². The molecule has 9 heteroatoms. The molecule has 8 nitrogen and oxygen atoms in total. The number of piperazine rings is 1. The Bertz CT molecular complexity index is 1510. The molecule has 0 spiro atoms. The molecule has 0 saturated carbocycles. The van der Waals surface area contributed by atoms with Crippen LogP contribution in [0.15, 0.2) is 59.5 Å². The Kier molecular flexibility index (Phi) is 9.06. The summed E-state index contributed by atoms with van der Waals surface area (Å²) in [6.07, 6.45) is 7.70. The third kappa shape index (κ3) is 6.41. The van der Waals surface area contributed by atoms with Crippen LogP contribution in [0.1, 0.15) is 50.2 Å². The zero-order valence-electron chi connectivity index (χ0n) is 24.9. The van der Waals surface area contributed by atoms with Crippen LogP contribution in [0, 0.1) is 12.7 Å². The predicted molar refractivity (Wildman–Crippen MR) is 164 cm³/mol. The molecule has 2 atom stereocenters. The number of phenolic OH excluding ortho intramolecular Hbond substituents is 1. The van der Waals surface area contributed by atoms with Crippen LogP contribution < -0.4 is 5.32 Å². The number of likely N-dealkylation sites (tertiary alicyclic amines) is 1. The van der Waals surface area contributed by atoms with Crippen molar-refractivity contribution in [3.63, 3.8) is 0 Å². The summed E-state index contributed by atoms with van der Waals surface area (Å²) in [4.78, 5) is 25.5. The zero-order valence-corrected chi connectivity index (χ0v) is 24.9. The number of carbonyl (C=O) groups excluding carboxylic acids is 1. The molecule has 3 aromatic rings. The van der Waals surface area contributed by atoms with E-state index in [9.17, 15) is 9.90 Å². The summed E-state index contributed by atoms with van der Waals surface area (Å²) in [5.74, 6) is 0.620. The molecule has 2 aliphatic heterocycles. The van der Waals surface area contributed by atoms with Crippen molar-refractivity contribution in [3.8, 4) is 17.0 Å². The van der Waals surface area contributed by atoms with Gasteiger partial charge in [-0.2, -0.15) is 4.99 Å². The fourth-order valence-corrected chi connectivity index (χ4v) is 5.73. The van der Waals surface area contributed by atoms with Crippen molar-refractivity contribution in [1.29, 1.82) is 0 Å². The van der Waals surface area contributed by atoms with E-state index in [0.29, 0.717) is 40.5 Å². The molecular formula is C33H40FN5O3. The maximum atomic E-state index is 16.3. The molecule has 2 aromatic carbocycles. The van der Waals surface area contributed by atoms with E-state index in [0.717, 1.165) is 49.5 Å². The summed E-state index contributed by atoms with van der Waals surface area (Å²) in [5.41, 5.74) is 1.74. The lowest BCUT2D eigenvalue weighted by atomic mass is 9.98. The summed E-state index contributed by atoms with van der Waals surface area (Å²) in [5, 5.41) is 15.7. The first kappa shape index (κ1) is 29.5. The molecule has 2 aliphatic rings. The molecule has 1 amide bonds. The fourth-order valence-electron chi connectivity index (χ4n) is 5.73. The Labute approximate surface area is 246 Å². The third-order valence-electron chi connectivity index (χ3n) is 8.01. The predicted octanol–water partition coefficient (Wildman–Crippen LogP) is 5.37. The number of allylic oxidation sites excluding steroid dienone is 1. The number of amidine groups is 1. The van der Waals surface area contributed by atoms with Crippen molar-refractivity contribution >= 4 is 22.5 Å². The van der Waals surface area contributed by atoms with Gasteiger partial charge >= 0.3 is 0 Å². The highest BCUT2D eigenvalue weighted by Gasteiger charge is 2.35. The molecule has 0 aliphatic carbocycles. The maximum absolute atomic E-state index is 16.3. The molecule has 1 aromatic heterocycles. The molecule has 2 fully saturated rings. The number of fused-ring (bicyclic) bond motifs is 3. The Morgan fingerprint density at radius 1 is 1.24 bits per heavy atom. The van der Waals surface area contributed by atoms with Crippen molar-refractivity contribution in [2.24, 2.45) is 4.99 Å². The van der Waals surface area contributed by atoms with E-state index < -0.39 is 5.82 Å². The van der Waals surface area contributed by atoms with E-state index in [-0.39, 0.29) is 30.4 Å². The van der Waals surface area contributed by atoms with Crippen LogP contribution in [0.25, 0.3) is 22.0 Å². The van der Waals surface area contributed by atoms with Crippen LogP contribution in [0.4, 0.5) is 4.39 Å². The molecular weight excluding hydrogens is 533 g/mol. The van der Waals surface area contributed by atoms with Crippen molar-refractivity contribution < 1.29 is 19.0 Å². The number of carbonyl (C=O) groups is 1. The second-order valence-electron chi connectivity index (χ2n) is 11.4. The van der Waals surface area contributed by atoms with Crippen molar-refractivity contribution in [3.05, 3.63) is 71.5 Å². The largest absolute Gasteiger partial charge is 0.508 e. The average molecular weight is 574 g/mol. The first-order chi connectivity index (χ1) is 20.2. The summed E-state index contributed by atoms with van der Waals surface area (Å²) in [6.45, 7) is 5.52. The minimum atomic E-state index is -0.453. The molecule has 3 heterocycles. The van der Waals surface area contributed by atoms with Crippen LogP contribution in [0.3, 0.4) is 0 Å². The molecule has 2 bridgehead atoms. The first-order valence-electron chi connectivity index (χ1n) is 14.8. The van der Waals surface area contributed by atoms with Crippen LogP contribution >= 0.6 is 0 Å². The zero-order chi connectivity index (χ0) is 29.8. The van der Waals surface area contributed by atoms with E-state index in [1.165, 1.54) is 0 Å². The van der Waals surface area contributed by atoms with E-state index in [1.807, 2.05) is 30.3 Å². The number of rotatable bonds is 9. The minimum Gasteiger partial charge on any atom is -0.508 e. The van der Waals surface area contributed by atoms with Gasteiger partial charge in [-0.25, -0.2) is 4.39 Å². The SMILES string of the molecule is CCC/C=C(/N=C(\c1cnc(-c2cc(O)cc3ccccc23)c(F)c1C)N1CC2CCC(C1)N2)OCCC(=O)N(C)C. The Balaban J connectivity index is 1.56. The van der Waals surface area contributed by atoms with Gasteiger partial charge in [0.15, 0.2) is 5.82 Å². The number of amides is 1. The summed E-state index contributed by atoms with van der Waals surface area (Å²) >= 11 is 0. The standard InChI is InChI=1S/C33H40FN5O3/c1-5-6-11-29(42-15-14-30(41)38(3)4)37-33(39-19-23-12-13-24(20-39)36-23)28-18-35-32(31(34)21(28)2)27-17-25(40)16-22-9-7-8-10-26(22)27/h7-11,16-18,23-24,36,40H,5-6,12-15,19-20H2,1-4H3/b29-11-,37-33+. The number of hydrogen-bond donors (Lipinski definition) is 2. The van der Waals surface area contributed by atoms with Gasteiger partial charge in [0.25, 0.3) is 0 Å². The smallest absolute Gasteiger partial charge is 0.225 e. The second kappa shape index (κ2) is 12.9. The normalized spacial score (nSPS) is 18.9. The number of halogens is 1. The highest BCUT2D eigenvalue weighted by Crippen LogP contribution is 2.35. The Morgan fingerprint density at radius 2 is 1.98 bits per heavy atom. The molecule has 2 unspecified atom stereocenters. The number of unbranched alkanes of at least 4 members (excludes halogenated alkanes) is 1. The van der Waals surface area contributed by atoms with Crippen LogP contribution in [-0.4, -0.2) is 77.5 Å². The summed E-state index contributed by atoms with van der Waals surface area (Å²) < 4.78 is 22.3. The van der Waals surface area contributed by atoms with E-state index in [2.05, 4.69) is 22.1 Å². The highest BCUT2D eigenvalue weighted by molar-refractivity contribution is 6.02. The lowest BCUT2D eigenvalue weighted by Gasteiger charge is -2.35. The number of aliphatic imine (C=N–C) groups is 1. The third-order valence-corrected chi connectivity index (χ3v) is 8.01. The van der Waals surface area contributed by atoms with Gasteiger partial charge in [0, 0.05) is 56.6 Å². The number of phenols is 1. The lowest BCUT2D eigenvalue weighted by Crippen LogP contribution is -2.53. The Hall–Kier alpha value is -3.98. The van der Waals surface area contributed by atoms with Crippen molar-refractivity contribution in [2.45, 2.75) is 58.0 Å². The number of aromatic nitrogens is 1. The van der Waals surface area contributed by atoms with Crippen LogP contribution in [-0.2, 0) is 9.53 Å². The average Bonchev–Trinajstić information content (AvgIpc) is 3.32. The highest BCUT2D eigenvalue weighted by atomic mass is 19.1. The molecule has 0 radical (unpaired) electrons. The second-order valence-corrected chi connectivity index (χ2v) is 11.4. The number of pyridine rings is 1. The van der Waals surface area contributed by atoms with E-state index in [1.54, 1.807) is 44.2 Å². The molecule has 222 valence electrons. The van der Waals surface area contributed by atoms with Gasteiger partial charge in [-0.15, -0.1) is 0 Å². The number of nitrogens with zero attached hydrogens (tertiary/aromatic N) is 4. The van der Waals surface area contributed by atoms with Crippen LogP contribution in [0.5, 0.6) is 5.75 Å². The van der Waals surface area contributed by atoms with Crippen molar-refractivity contribution in [1.82, 2.24) is 20.1 Å². The number of hydrogen-bond acceptors (Lipinski definition) is 6. The van der Waals surface area contributed by atoms with Crippen molar-refractivity contribution in [2.75, 3.05) is 33.8 Å². The molecule has 2 saturated heterocycles. The first-order valence-corrected chi connectivity index (χ1v) is 14.8. The van der Waals surface area contributed by atoms with Gasteiger partial charge in [-0.1, -0.05) is 37.6 Å².